The van der Waals surface area contributed by atoms with E-state index in [-0.39, 0.29) is 5.78 Å². The predicted octanol–water partition coefficient (Wildman–Crippen LogP) is 5.36. The maximum Gasteiger partial charge on any atom is 0.164 e. The molecule has 1 aliphatic rings. The molecular formula is C20H19Cl2NO. The molecule has 0 atom stereocenters. The molecule has 0 radical (unpaired) electrons. The van der Waals surface area contributed by atoms with Crippen LogP contribution in [0.1, 0.15) is 28.8 Å². The second-order valence-electron chi connectivity index (χ2n) is 5.97. The molecule has 0 saturated heterocycles. The molecule has 0 spiro atoms. The lowest BCUT2D eigenvalue weighted by atomic mass is 9.99. The van der Waals surface area contributed by atoms with Crippen LogP contribution in [0.3, 0.4) is 0 Å². The fraction of sp³-hybridized carbons (Fsp3) is 0.250. The number of ketones is 1. The van der Waals surface area contributed by atoms with Gasteiger partial charge in [-0.1, -0.05) is 41.4 Å². The molecule has 124 valence electrons. The Balaban J connectivity index is 1.52. The molecule has 24 heavy (non-hydrogen) atoms. The van der Waals surface area contributed by atoms with Gasteiger partial charge in [0.1, 0.15) is 0 Å². The second-order valence-corrected chi connectivity index (χ2v) is 6.84. The molecule has 0 bridgehead atoms. The third kappa shape index (κ3) is 4.47. The second kappa shape index (κ2) is 7.98. The van der Waals surface area contributed by atoms with Gasteiger partial charge in [0.15, 0.2) is 5.78 Å². The largest absolute Gasteiger partial charge is 0.299 e. The Morgan fingerprint density at radius 2 is 1.58 bits per heavy atom. The van der Waals surface area contributed by atoms with Crippen molar-refractivity contribution in [1.29, 1.82) is 0 Å². The van der Waals surface area contributed by atoms with E-state index in [1.54, 1.807) is 24.3 Å². The van der Waals surface area contributed by atoms with E-state index in [4.69, 9.17) is 23.2 Å². The normalized spacial score (nSPS) is 15.2. The van der Waals surface area contributed by atoms with Crippen molar-refractivity contribution in [2.75, 3.05) is 19.6 Å². The van der Waals surface area contributed by atoms with Gasteiger partial charge in [0.05, 0.1) is 0 Å². The highest BCUT2D eigenvalue weighted by Crippen LogP contribution is 2.24. The van der Waals surface area contributed by atoms with Crippen molar-refractivity contribution in [1.82, 2.24) is 4.90 Å². The summed E-state index contributed by atoms with van der Waals surface area (Å²) in [7, 11) is 0. The Morgan fingerprint density at radius 1 is 0.958 bits per heavy atom. The molecular weight excluding hydrogens is 341 g/mol. The van der Waals surface area contributed by atoms with Crippen molar-refractivity contribution in [3.05, 3.63) is 75.8 Å². The highest BCUT2D eigenvalue weighted by Gasteiger charge is 2.14. The fourth-order valence-corrected chi connectivity index (χ4v) is 3.13. The minimum atomic E-state index is 0.166. The highest BCUT2D eigenvalue weighted by molar-refractivity contribution is 6.30. The minimum Gasteiger partial charge on any atom is -0.299 e. The maximum atomic E-state index is 12.2. The zero-order chi connectivity index (χ0) is 16.9. The molecule has 3 rings (SSSR count). The van der Waals surface area contributed by atoms with Crippen LogP contribution >= 0.6 is 23.2 Å². The van der Waals surface area contributed by atoms with Crippen LogP contribution in [0.15, 0.2) is 54.6 Å². The van der Waals surface area contributed by atoms with E-state index in [1.165, 1.54) is 11.1 Å². The number of benzene rings is 2. The predicted molar refractivity (Wildman–Crippen MR) is 101 cm³/mol. The van der Waals surface area contributed by atoms with E-state index in [1.807, 2.05) is 12.1 Å². The summed E-state index contributed by atoms with van der Waals surface area (Å²) in [4.78, 5) is 14.5. The van der Waals surface area contributed by atoms with Crippen molar-refractivity contribution in [3.63, 3.8) is 0 Å². The Hall–Kier alpha value is -1.61. The van der Waals surface area contributed by atoms with Crippen molar-refractivity contribution >= 4 is 34.6 Å². The first kappa shape index (κ1) is 17.2. The first-order valence-electron chi connectivity index (χ1n) is 8.08. The summed E-state index contributed by atoms with van der Waals surface area (Å²) in [5.41, 5.74) is 3.32. The third-order valence-electron chi connectivity index (χ3n) is 4.33. The van der Waals surface area contributed by atoms with Gasteiger partial charge in [-0.3, -0.25) is 9.69 Å². The molecule has 0 aliphatic carbocycles. The van der Waals surface area contributed by atoms with E-state index in [0.717, 1.165) is 36.6 Å². The molecule has 0 saturated carbocycles. The quantitative estimate of drug-likeness (QED) is 0.670. The Kier molecular flexibility index (Phi) is 5.72. The van der Waals surface area contributed by atoms with Crippen LogP contribution in [0.4, 0.5) is 0 Å². The first-order chi connectivity index (χ1) is 11.6. The van der Waals surface area contributed by atoms with Gasteiger partial charge in [-0.2, -0.15) is 0 Å². The average molecular weight is 360 g/mol. The standard InChI is InChI=1S/C20H19Cl2NO/c21-18-5-1-15(2-6-18)16-9-12-23(13-10-16)14-11-20(24)17-3-7-19(22)8-4-17/h1-9H,10-14H2. The number of rotatable bonds is 5. The summed E-state index contributed by atoms with van der Waals surface area (Å²) in [6.07, 6.45) is 3.78. The van der Waals surface area contributed by atoms with Gasteiger partial charge in [0.25, 0.3) is 0 Å². The number of hydrogen-bond donors (Lipinski definition) is 0. The van der Waals surface area contributed by atoms with Crippen LogP contribution in [-0.4, -0.2) is 30.3 Å². The molecule has 2 nitrogen and oxygen atoms in total. The Bertz CT molecular complexity index is 735. The number of hydrogen-bond acceptors (Lipinski definition) is 2. The van der Waals surface area contributed by atoms with Gasteiger partial charge in [-0.15, -0.1) is 0 Å². The zero-order valence-corrected chi connectivity index (χ0v) is 14.9. The summed E-state index contributed by atoms with van der Waals surface area (Å²) >= 11 is 11.8. The topological polar surface area (TPSA) is 20.3 Å². The van der Waals surface area contributed by atoms with Crippen LogP contribution in [-0.2, 0) is 0 Å². The van der Waals surface area contributed by atoms with Crippen molar-refractivity contribution < 1.29 is 4.79 Å². The third-order valence-corrected chi connectivity index (χ3v) is 4.83. The molecule has 0 unspecified atom stereocenters. The number of Topliss-reactive ketones (excluding diaryl/α,β-unsaturated/α-hetero) is 1. The fourth-order valence-electron chi connectivity index (χ4n) is 2.88. The number of carbonyl (C=O) groups excluding carboxylic acids is 1. The summed E-state index contributed by atoms with van der Waals surface area (Å²) in [6, 6.07) is 15.1. The lowest BCUT2D eigenvalue weighted by Gasteiger charge is -2.26. The molecule has 1 heterocycles. The summed E-state index contributed by atoms with van der Waals surface area (Å²) in [5.74, 6) is 0.166. The van der Waals surface area contributed by atoms with Gasteiger partial charge in [0, 0.05) is 41.7 Å². The summed E-state index contributed by atoms with van der Waals surface area (Å²) in [5, 5.41) is 1.42. The van der Waals surface area contributed by atoms with Crippen molar-refractivity contribution in [3.8, 4) is 0 Å². The van der Waals surface area contributed by atoms with Crippen LogP contribution in [0.2, 0.25) is 10.0 Å². The van der Waals surface area contributed by atoms with Crippen LogP contribution in [0.25, 0.3) is 5.57 Å². The zero-order valence-electron chi connectivity index (χ0n) is 13.3. The van der Waals surface area contributed by atoms with E-state index >= 15 is 0 Å². The van der Waals surface area contributed by atoms with Gasteiger partial charge < -0.3 is 0 Å². The molecule has 0 fully saturated rings. The average Bonchev–Trinajstić information content (AvgIpc) is 2.61. The van der Waals surface area contributed by atoms with E-state index < -0.39 is 0 Å². The van der Waals surface area contributed by atoms with E-state index in [9.17, 15) is 4.79 Å². The molecule has 0 N–H and O–H groups in total. The van der Waals surface area contributed by atoms with Crippen LogP contribution < -0.4 is 0 Å². The molecule has 1 aliphatic heterocycles. The molecule has 4 heteroatoms. The highest BCUT2D eigenvalue weighted by atomic mass is 35.5. The lowest BCUT2D eigenvalue weighted by molar-refractivity contribution is 0.0966. The monoisotopic (exact) mass is 359 g/mol. The first-order valence-corrected chi connectivity index (χ1v) is 8.83. The SMILES string of the molecule is O=C(CCN1CC=C(c2ccc(Cl)cc2)CC1)c1ccc(Cl)cc1. The summed E-state index contributed by atoms with van der Waals surface area (Å²) in [6.45, 7) is 2.64. The van der Waals surface area contributed by atoms with Gasteiger partial charge >= 0.3 is 0 Å². The Labute approximate surface area is 152 Å². The van der Waals surface area contributed by atoms with E-state index in [0.29, 0.717) is 11.4 Å². The molecule has 2 aromatic rings. The summed E-state index contributed by atoms with van der Waals surface area (Å²) < 4.78 is 0. The molecule has 0 amide bonds. The van der Waals surface area contributed by atoms with Gasteiger partial charge in [0.2, 0.25) is 0 Å². The maximum absolute atomic E-state index is 12.2. The van der Waals surface area contributed by atoms with E-state index in [2.05, 4.69) is 23.1 Å². The minimum absolute atomic E-state index is 0.166. The van der Waals surface area contributed by atoms with Crippen molar-refractivity contribution in [2.24, 2.45) is 0 Å². The van der Waals surface area contributed by atoms with Crippen LogP contribution in [0.5, 0.6) is 0 Å². The lowest BCUT2D eigenvalue weighted by Crippen LogP contribution is -2.30. The molecule has 0 aromatic heterocycles. The van der Waals surface area contributed by atoms with Gasteiger partial charge in [-0.25, -0.2) is 0 Å². The van der Waals surface area contributed by atoms with Crippen molar-refractivity contribution in [2.45, 2.75) is 12.8 Å². The molecule has 2 aromatic carbocycles. The van der Waals surface area contributed by atoms with Gasteiger partial charge in [-0.05, 0) is 54.0 Å². The number of nitrogens with zero attached hydrogens (tertiary/aromatic N) is 1. The number of halogens is 2. The van der Waals surface area contributed by atoms with Crippen LogP contribution in [0, 0.1) is 0 Å². The Morgan fingerprint density at radius 3 is 2.17 bits per heavy atom. The number of carbonyl (C=O) groups is 1. The smallest absolute Gasteiger partial charge is 0.164 e.